The lowest BCUT2D eigenvalue weighted by Crippen LogP contribution is -2.10. The number of aromatic nitrogens is 2. The quantitative estimate of drug-likeness (QED) is 0.359. The molecule has 1 heterocycles. The zero-order valence-corrected chi connectivity index (χ0v) is 16.4. The highest BCUT2D eigenvalue weighted by molar-refractivity contribution is 6.34. The van der Waals surface area contributed by atoms with Gasteiger partial charge in [-0.05, 0) is 29.3 Å². The molecule has 0 unspecified atom stereocenters. The molecular weight excluding hydrogens is 391 g/mol. The molecule has 0 radical (unpaired) electrons. The van der Waals surface area contributed by atoms with Crippen LogP contribution in [0, 0.1) is 0 Å². The number of halogens is 2. The molecule has 0 atom stereocenters. The minimum absolute atomic E-state index is 0.0152. The number of hydrogen-bond donors (Lipinski definition) is 0. The van der Waals surface area contributed by atoms with E-state index in [2.05, 4.69) is 4.98 Å². The largest absolute Gasteiger partial charge is 0.330 e. The van der Waals surface area contributed by atoms with E-state index in [0.717, 1.165) is 22.3 Å². The van der Waals surface area contributed by atoms with Gasteiger partial charge >= 0.3 is 0 Å². The first-order valence-corrected chi connectivity index (χ1v) is 9.52. The second kappa shape index (κ2) is 8.01. The molecule has 0 saturated heterocycles. The summed E-state index contributed by atoms with van der Waals surface area (Å²) in [5, 5.41) is 1.25. The Morgan fingerprint density at radius 1 is 0.857 bits per heavy atom. The van der Waals surface area contributed by atoms with Gasteiger partial charge in [0.05, 0.1) is 12.9 Å². The van der Waals surface area contributed by atoms with Crippen molar-refractivity contribution in [2.24, 2.45) is 0 Å². The molecule has 1 aromatic heterocycles. The van der Waals surface area contributed by atoms with Crippen LogP contribution in [0.2, 0.25) is 10.0 Å². The number of Topliss-reactive ketones (excluding diaryl/α,β-unsaturated/α-hetero) is 1. The topological polar surface area (TPSA) is 34.9 Å². The average molecular weight is 407 g/mol. The fourth-order valence-electron chi connectivity index (χ4n) is 3.18. The van der Waals surface area contributed by atoms with Gasteiger partial charge in [0.15, 0.2) is 5.78 Å². The van der Waals surface area contributed by atoms with Crippen LogP contribution in [0.5, 0.6) is 0 Å². The third kappa shape index (κ3) is 3.72. The maximum Gasteiger partial charge on any atom is 0.183 e. The zero-order valence-electron chi connectivity index (χ0n) is 14.8. The fourth-order valence-corrected chi connectivity index (χ4v) is 3.67. The number of benzene rings is 3. The SMILES string of the molecule is O=C(Cn1ccnc1)c1ccc(-c2ccccc2Cl)cc1-c1ccccc1Cl. The Morgan fingerprint density at radius 2 is 1.54 bits per heavy atom. The van der Waals surface area contributed by atoms with E-state index in [0.29, 0.717) is 15.6 Å². The molecule has 4 aromatic rings. The van der Waals surface area contributed by atoms with E-state index in [4.69, 9.17) is 23.2 Å². The fraction of sp³-hybridized carbons (Fsp3) is 0.0435. The van der Waals surface area contributed by atoms with Crippen molar-refractivity contribution in [3.8, 4) is 22.3 Å². The number of nitrogens with zero attached hydrogens (tertiary/aromatic N) is 2. The van der Waals surface area contributed by atoms with E-state index in [1.54, 1.807) is 23.3 Å². The van der Waals surface area contributed by atoms with Gasteiger partial charge in [-0.3, -0.25) is 4.79 Å². The first kappa shape index (κ1) is 18.5. The van der Waals surface area contributed by atoms with Crippen molar-refractivity contribution in [1.29, 1.82) is 0 Å². The Labute approximate surface area is 173 Å². The highest BCUT2D eigenvalue weighted by atomic mass is 35.5. The summed E-state index contributed by atoms with van der Waals surface area (Å²) in [6, 6.07) is 20.9. The summed E-state index contributed by atoms with van der Waals surface area (Å²) in [6.07, 6.45) is 5.05. The minimum Gasteiger partial charge on any atom is -0.330 e. The van der Waals surface area contributed by atoms with Crippen molar-refractivity contribution in [2.75, 3.05) is 0 Å². The molecule has 28 heavy (non-hydrogen) atoms. The van der Waals surface area contributed by atoms with Gasteiger partial charge in [-0.15, -0.1) is 0 Å². The molecule has 0 spiro atoms. The molecule has 4 rings (SSSR count). The van der Waals surface area contributed by atoms with Crippen LogP contribution in [0.25, 0.3) is 22.3 Å². The van der Waals surface area contributed by atoms with Gasteiger partial charge in [-0.1, -0.05) is 71.7 Å². The predicted octanol–water partition coefficient (Wildman–Crippen LogP) is 6.41. The van der Waals surface area contributed by atoms with Gasteiger partial charge in [0.1, 0.15) is 0 Å². The number of carbonyl (C=O) groups is 1. The Morgan fingerprint density at radius 3 is 2.18 bits per heavy atom. The number of rotatable bonds is 5. The molecule has 0 fully saturated rings. The summed E-state index contributed by atoms with van der Waals surface area (Å²) in [5.74, 6) is -0.0152. The third-order valence-electron chi connectivity index (χ3n) is 4.55. The summed E-state index contributed by atoms with van der Waals surface area (Å²) in [4.78, 5) is 17.0. The first-order chi connectivity index (χ1) is 13.6. The van der Waals surface area contributed by atoms with Crippen molar-refractivity contribution in [3.63, 3.8) is 0 Å². The van der Waals surface area contributed by atoms with E-state index in [-0.39, 0.29) is 12.3 Å². The van der Waals surface area contributed by atoms with Crippen LogP contribution in [-0.2, 0) is 6.54 Å². The molecule has 3 nitrogen and oxygen atoms in total. The van der Waals surface area contributed by atoms with E-state index >= 15 is 0 Å². The van der Waals surface area contributed by atoms with Crippen LogP contribution in [0.15, 0.2) is 85.5 Å². The zero-order chi connectivity index (χ0) is 19.5. The van der Waals surface area contributed by atoms with Crippen molar-refractivity contribution >= 4 is 29.0 Å². The molecule has 0 aliphatic heterocycles. The van der Waals surface area contributed by atoms with Crippen LogP contribution in [0.3, 0.4) is 0 Å². The van der Waals surface area contributed by atoms with Crippen molar-refractivity contribution in [2.45, 2.75) is 6.54 Å². The Hall–Kier alpha value is -2.88. The highest BCUT2D eigenvalue weighted by Gasteiger charge is 2.17. The molecule has 0 bridgehead atoms. The lowest BCUT2D eigenvalue weighted by atomic mass is 9.92. The molecule has 5 heteroatoms. The summed E-state index contributed by atoms with van der Waals surface area (Å²) < 4.78 is 1.75. The Balaban J connectivity index is 1.85. The van der Waals surface area contributed by atoms with Crippen LogP contribution >= 0.6 is 23.2 Å². The predicted molar refractivity (Wildman–Crippen MR) is 114 cm³/mol. The Bertz CT molecular complexity index is 1140. The van der Waals surface area contributed by atoms with Gasteiger partial charge in [-0.25, -0.2) is 4.98 Å². The van der Waals surface area contributed by atoms with E-state index in [1.165, 1.54) is 0 Å². The maximum absolute atomic E-state index is 13.0. The maximum atomic E-state index is 13.0. The summed E-state index contributed by atoms with van der Waals surface area (Å²) in [6.45, 7) is 0.211. The smallest absolute Gasteiger partial charge is 0.183 e. The van der Waals surface area contributed by atoms with E-state index in [9.17, 15) is 4.79 Å². The molecule has 0 aliphatic rings. The molecule has 0 saturated carbocycles. The van der Waals surface area contributed by atoms with Gasteiger partial charge in [-0.2, -0.15) is 0 Å². The number of ketones is 1. The standard InChI is InChI=1S/C23H16Cl2N2O/c24-21-7-3-1-5-17(21)16-9-10-19(23(28)14-27-12-11-26-15-27)20(13-16)18-6-2-4-8-22(18)25/h1-13,15H,14H2. The number of imidazole rings is 1. The lowest BCUT2D eigenvalue weighted by Gasteiger charge is -2.14. The summed E-state index contributed by atoms with van der Waals surface area (Å²) >= 11 is 12.8. The molecule has 0 aliphatic carbocycles. The molecular formula is C23H16Cl2N2O. The first-order valence-electron chi connectivity index (χ1n) is 8.76. The van der Waals surface area contributed by atoms with Crippen molar-refractivity contribution in [3.05, 3.63) is 101 Å². The van der Waals surface area contributed by atoms with Gasteiger partial charge in [0, 0.05) is 39.1 Å². The van der Waals surface area contributed by atoms with Gasteiger partial charge in [0.25, 0.3) is 0 Å². The third-order valence-corrected chi connectivity index (χ3v) is 5.21. The van der Waals surface area contributed by atoms with Gasteiger partial charge < -0.3 is 4.57 Å². The number of carbonyl (C=O) groups excluding carboxylic acids is 1. The van der Waals surface area contributed by atoms with Crippen LogP contribution < -0.4 is 0 Å². The highest BCUT2D eigenvalue weighted by Crippen LogP contribution is 2.36. The van der Waals surface area contributed by atoms with E-state index in [1.807, 2.05) is 66.7 Å². The lowest BCUT2D eigenvalue weighted by molar-refractivity contribution is 0.0973. The molecule has 0 amide bonds. The molecule has 138 valence electrons. The van der Waals surface area contributed by atoms with Crippen molar-refractivity contribution < 1.29 is 4.79 Å². The Kier molecular flexibility index (Phi) is 5.29. The second-order valence-electron chi connectivity index (χ2n) is 6.38. The van der Waals surface area contributed by atoms with Crippen molar-refractivity contribution in [1.82, 2.24) is 9.55 Å². The van der Waals surface area contributed by atoms with Gasteiger partial charge in [0.2, 0.25) is 0 Å². The monoisotopic (exact) mass is 406 g/mol. The average Bonchev–Trinajstić information content (AvgIpc) is 3.21. The summed E-state index contributed by atoms with van der Waals surface area (Å²) in [7, 11) is 0. The normalized spacial score (nSPS) is 10.8. The summed E-state index contributed by atoms with van der Waals surface area (Å²) in [5.41, 5.74) is 4.04. The van der Waals surface area contributed by atoms with Crippen LogP contribution in [-0.4, -0.2) is 15.3 Å². The van der Waals surface area contributed by atoms with E-state index < -0.39 is 0 Å². The molecule has 3 aromatic carbocycles. The second-order valence-corrected chi connectivity index (χ2v) is 7.19. The molecule has 0 N–H and O–H groups in total. The minimum atomic E-state index is -0.0152. The number of hydrogen-bond acceptors (Lipinski definition) is 2. The van der Waals surface area contributed by atoms with Crippen LogP contribution in [0.4, 0.5) is 0 Å². The van der Waals surface area contributed by atoms with Crippen LogP contribution in [0.1, 0.15) is 10.4 Å².